The Balaban J connectivity index is 3.34. The van der Waals surface area contributed by atoms with Gasteiger partial charge in [-0.3, -0.25) is 4.79 Å². The molecule has 0 spiro atoms. The zero-order valence-corrected chi connectivity index (χ0v) is 14.2. The molecule has 1 aromatic carbocycles. The monoisotopic (exact) mass is 362 g/mol. The van der Waals surface area contributed by atoms with Crippen molar-refractivity contribution in [2.45, 2.75) is 32.1 Å². The first-order valence-corrected chi connectivity index (χ1v) is 8.68. The van der Waals surface area contributed by atoms with Crippen molar-refractivity contribution in [2.24, 2.45) is 5.14 Å². The minimum absolute atomic E-state index is 0.0252. The highest BCUT2D eigenvalue weighted by atomic mass is 79.9. The molecule has 0 fully saturated rings. The Morgan fingerprint density at radius 1 is 1.35 bits per heavy atom. The number of hydrogen-bond acceptors (Lipinski definition) is 3. The summed E-state index contributed by atoms with van der Waals surface area (Å²) in [7, 11) is -3.86. The van der Waals surface area contributed by atoms with Gasteiger partial charge in [-0.1, -0.05) is 22.9 Å². The van der Waals surface area contributed by atoms with Crippen molar-refractivity contribution in [3.05, 3.63) is 27.7 Å². The number of carbonyl (C=O) groups excluding carboxylic acids is 1. The van der Waals surface area contributed by atoms with Gasteiger partial charge < -0.3 is 4.90 Å². The minimum atomic E-state index is -3.86. The van der Waals surface area contributed by atoms with Crippen LogP contribution in [0.3, 0.4) is 0 Å². The van der Waals surface area contributed by atoms with Gasteiger partial charge in [0, 0.05) is 23.1 Å². The first kappa shape index (κ1) is 17.1. The van der Waals surface area contributed by atoms with Gasteiger partial charge in [0.25, 0.3) is 5.91 Å². The molecule has 1 amide bonds. The predicted octanol–water partition coefficient (Wildman–Crippen LogP) is 2.28. The number of rotatable bonds is 5. The van der Waals surface area contributed by atoms with E-state index in [1.165, 1.54) is 6.07 Å². The SMILES string of the molecule is CCCN(CC)C(=O)c1cc(Br)c(C)c(S(N)(=O)=O)c1. The first-order chi connectivity index (χ1) is 9.22. The van der Waals surface area contributed by atoms with E-state index < -0.39 is 10.0 Å². The fourth-order valence-electron chi connectivity index (χ4n) is 1.93. The number of primary sulfonamides is 1. The van der Waals surface area contributed by atoms with Crippen LogP contribution in [0.15, 0.2) is 21.5 Å². The molecule has 20 heavy (non-hydrogen) atoms. The topological polar surface area (TPSA) is 80.5 Å². The third-order valence-corrected chi connectivity index (χ3v) is 4.87. The van der Waals surface area contributed by atoms with Crippen molar-refractivity contribution < 1.29 is 13.2 Å². The maximum absolute atomic E-state index is 12.4. The van der Waals surface area contributed by atoms with Crippen molar-refractivity contribution in [3.8, 4) is 0 Å². The van der Waals surface area contributed by atoms with E-state index in [0.29, 0.717) is 28.7 Å². The molecule has 112 valence electrons. The van der Waals surface area contributed by atoms with Crippen LogP contribution in [0.25, 0.3) is 0 Å². The van der Waals surface area contributed by atoms with E-state index in [4.69, 9.17) is 5.14 Å². The van der Waals surface area contributed by atoms with Crippen LogP contribution in [0, 0.1) is 6.92 Å². The third kappa shape index (κ3) is 3.80. The second-order valence-electron chi connectivity index (χ2n) is 4.51. The molecule has 0 saturated heterocycles. The molecular weight excluding hydrogens is 344 g/mol. The lowest BCUT2D eigenvalue weighted by molar-refractivity contribution is 0.0764. The second-order valence-corrected chi connectivity index (χ2v) is 6.90. The number of nitrogens with zero attached hydrogens (tertiary/aromatic N) is 1. The highest BCUT2D eigenvalue weighted by Crippen LogP contribution is 2.25. The zero-order valence-electron chi connectivity index (χ0n) is 11.8. The number of carbonyl (C=O) groups is 1. The van der Waals surface area contributed by atoms with Gasteiger partial charge in [-0.05, 0) is 38.0 Å². The van der Waals surface area contributed by atoms with Crippen LogP contribution in [0.5, 0.6) is 0 Å². The van der Waals surface area contributed by atoms with Gasteiger partial charge in [0.1, 0.15) is 0 Å². The Hall–Kier alpha value is -0.920. The molecule has 0 unspecified atom stereocenters. The van der Waals surface area contributed by atoms with Crippen molar-refractivity contribution in [2.75, 3.05) is 13.1 Å². The summed E-state index contributed by atoms with van der Waals surface area (Å²) in [5, 5.41) is 5.19. The minimum Gasteiger partial charge on any atom is -0.339 e. The van der Waals surface area contributed by atoms with E-state index in [9.17, 15) is 13.2 Å². The number of benzene rings is 1. The van der Waals surface area contributed by atoms with Crippen molar-refractivity contribution in [1.82, 2.24) is 4.90 Å². The summed E-state index contributed by atoms with van der Waals surface area (Å²) in [6.07, 6.45) is 0.842. The van der Waals surface area contributed by atoms with E-state index in [0.717, 1.165) is 6.42 Å². The van der Waals surface area contributed by atoms with Gasteiger partial charge in [-0.2, -0.15) is 0 Å². The van der Waals surface area contributed by atoms with Gasteiger partial charge in [-0.25, -0.2) is 13.6 Å². The molecular formula is C13H19BrN2O3S. The Labute approximate surface area is 128 Å². The summed E-state index contributed by atoms with van der Waals surface area (Å²) in [5.41, 5.74) is 0.824. The first-order valence-electron chi connectivity index (χ1n) is 6.34. The number of hydrogen-bond donors (Lipinski definition) is 1. The molecule has 0 saturated carbocycles. The predicted molar refractivity (Wildman–Crippen MR) is 82.1 cm³/mol. The van der Waals surface area contributed by atoms with Crippen LogP contribution in [0.2, 0.25) is 0 Å². The maximum Gasteiger partial charge on any atom is 0.253 e. The third-order valence-electron chi connectivity index (χ3n) is 3.01. The summed E-state index contributed by atoms with van der Waals surface area (Å²) in [6, 6.07) is 2.97. The van der Waals surface area contributed by atoms with Gasteiger partial charge in [0.2, 0.25) is 10.0 Å². The maximum atomic E-state index is 12.4. The summed E-state index contributed by atoms with van der Waals surface area (Å²) >= 11 is 3.28. The van der Waals surface area contributed by atoms with Gasteiger partial charge in [-0.15, -0.1) is 0 Å². The lowest BCUT2D eigenvalue weighted by Gasteiger charge is -2.21. The van der Waals surface area contributed by atoms with Crippen LogP contribution in [0.4, 0.5) is 0 Å². The van der Waals surface area contributed by atoms with Crippen LogP contribution < -0.4 is 5.14 Å². The molecule has 1 aromatic rings. The van der Waals surface area contributed by atoms with Crippen molar-refractivity contribution >= 4 is 31.9 Å². The van der Waals surface area contributed by atoms with Crippen LogP contribution in [-0.2, 0) is 10.0 Å². The molecule has 0 radical (unpaired) electrons. The van der Waals surface area contributed by atoms with E-state index >= 15 is 0 Å². The average molecular weight is 363 g/mol. The van der Waals surface area contributed by atoms with Gasteiger partial charge in [0.15, 0.2) is 0 Å². The Morgan fingerprint density at radius 3 is 2.40 bits per heavy atom. The lowest BCUT2D eigenvalue weighted by atomic mass is 10.1. The van der Waals surface area contributed by atoms with Crippen LogP contribution >= 0.6 is 15.9 Å². The molecule has 0 aliphatic carbocycles. The second kappa shape index (κ2) is 6.69. The summed E-state index contributed by atoms with van der Waals surface area (Å²) in [5.74, 6) is -0.194. The fourth-order valence-corrected chi connectivity index (χ4v) is 3.35. The Morgan fingerprint density at radius 2 is 1.95 bits per heavy atom. The molecule has 0 aliphatic rings. The molecule has 0 aromatic heterocycles. The smallest absolute Gasteiger partial charge is 0.253 e. The van der Waals surface area contributed by atoms with E-state index in [1.807, 2.05) is 13.8 Å². The van der Waals surface area contributed by atoms with Crippen molar-refractivity contribution in [3.63, 3.8) is 0 Å². The lowest BCUT2D eigenvalue weighted by Crippen LogP contribution is -2.31. The van der Waals surface area contributed by atoms with E-state index in [-0.39, 0.29) is 10.8 Å². The number of nitrogens with two attached hydrogens (primary N) is 1. The largest absolute Gasteiger partial charge is 0.339 e. The molecule has 5 nitrogen and oxygen atoms in total. The van der Waals surface area contributed by atoms with Gasteiger partial charge >= 0.3 is 0 Å². The highest BCUT2D eigenvalue weighted by Gasteiger charge is 2.20. The van der Waals surface area contributed by atoms with Crippen LogP contribution in [-0.4, -0.2) is 32.3 Å². The van der Waals surface area contributed by atoms with E-state index in [2.05, 4.69) is 15.9 Å². The number of sulfonamides is 1. The number of amides is 1. The molecule has 0 atom stereocenters. The molecule has 0 aliphatic heterocycles. The summed E-state index contributed by atoms with van der Waals surface area (Å²) in [4.78, 5) is 14.0. The molecule has 7 heteroatoms. The quantitative estimate of drug-likeness (QED) is 0.872. The molecule has 0 bridgehead atoms. The highest BCUT2D eigenvalue weighted by molar-refractivity contribution is 9.10. The standard InChI is InChI=1S/C13H19BrN2O3S/c1-4-6-16(5-2)13(17)10-7-11(14)9(3)12(8-10)20(15,18)19/h7-8H,4-6H2,1-3H3,(H2,15,18,19). The normalized spacial score (nSPS) is 11.4. The molecule has 1 rings (SSSR count). The molecule has 2 N–H and O–H groups in total. The summed E-state index contributed by atoms with van der Waals surface area (Å²) in [6.45, 7) is 6.71. The van der Waals surface area contributed by atoms with E-state index in [1.54, 1.807) is 17.9 Å². The number of halogens is 1. The Kier molecular flexibility index (Phi) is 5.73. The zero-order chi connectivity index (χ0) is 15.5. The van der Waals surface area contributed by atoms with Crippen LogP contribution in [0.1, 0.15) is 36.2 Å². The Bertz CT molecular complexity index is 614. The average Bonchev–Trinajstić information content (AvgIpc) is 2.36. The van der Waals surface area contributed by atoms with Crippen molar-refractivity contribution in [1.29, 1.82) is 0 Å². The fraction of sp³-hybridized carbons (Fsp3) is 0.462. The van der Waals surface area contributed by atoms with Gasteiger partial charge in [0.05, 0.1) is 4.90 Å². The summed E-state index contributed by atoms with van der Waals surface area (Å²) < 4.78 is 23.7. The molecule has 0 heterocycles.